The number of thiazole rings is 1. The number of amides is 1. The van der Waals surface area contributed by atoms with E-state index >= 15 is 0 Å². The molecule has 9 heteroatoms. The van der Waals surface area contributed by atoms with Crippen LogP contribution in [0.3, 0.4) is 0 Å². The van der Waals surface area contributed by atoms with Crippen molar-refractivity contribution in [3.63, 3.8) is 0 Å². The summed E-state index contributed by atoms with van der Waals surface area (Å²) in [6, 6.07) is 6.17. The summed E-state index contributed by atoms with van der Waals surface area (Å²) in [5, 5.41) is 19.4. The Kier molecular flexibility index (Phi) is 6.69. The highest BCUT2D eigenvalue weighted by Crippen LogP contribution is 2.28. The van der Waals surface area contributed by atoms with E-state index in [0.29, 0.717) is 17.2 Å². The summed E-state index contributed by atoms with van der Waals surface area (Å²) < 4.78 is 0. The molecule has 1 saturated heterocycles. The van der Waals surface area contributed by atoms with Crippen molar-refractivity contribution in [2.45, 2.75) is 19.8 Å². The second-order valence-electron chi connectivity index (χ2n) is 6.59. The number of nitrogens with zero attached hydrogens (tertiary/aromatic N) is 2. The summed E-state index contributed by atoms with van der Waals surface area (Å²) in [7, 11) is 0. The van der Waals surface area contributed by atoms with E-state index in [1.165, 1.54) is 23.5 Å². The average molecular weight is 397 g/mol. The highest BCUT2D eigenvalue weighted by atomic mass is 35.5. The molecule has 3 rings (SSSR count). The number of nitro benzene ring substituents is 1. The lowest BCUT2D eigenvalue weighted by atomic mass is 9.81. The van der Waals surface area contributed by atoms with Gasteiger partial charge in [0.2, 0.25) is 0 Å². The monoisotopic (exact) mass is 396 g/mol. The van der Waals surface area contributed by atoms with Gasteiger partial charge in [-0.1, -0.05) is 6.92 Å². The second-order valence-corrected chi connectivity index (χ2v) is 7.44. The van der Waals surface area contributed by atoms with Crippen LogP contribution in [0.1, 0.15) is 30.3 Å². The second kappa shape index (κ2) is 8.57. The molecule has 1 aliphatic rings. The molecule has 0 bridgehead atoms. The lowest BCUT2D eigenvalue weighted by Crippen LogP contribution is -2.42. The summed E-state index contributed by atoms with van der Waals surface area (Å²) in [6.45, 7) is 4.79. The van der Waals surface area contributed by atoms with E-state index < -0.39 is 4.92 Å². The van der Waals surface area contributed by atoms with Gasteiger partial charge in [0.1, 0.15) is 10.7 Å². The van der Waals surface area contributed by atoms with Crippen LogP contribution < -0.4 is 10.6 Å². The maximum absolute atomic E-state index is 12.3. The molecule has 1 aromatic carbocycles. The zero-order valence-electron chi connectivity index (χ0n) is 14.4. The fourth-order valence-electron chi connectivity index (χ4n) is 2.83. The third-order valence-corrected chi connectivity index (χ3v) is 5.44. The van der Waals surface area contributed by atoms with Gasteiger partial charge in [0, 0.05) is 29.6 Å². The van der Waals surface area contributed by atoms with Crippen LogP contribution in [0.25, 0.3) is 10.6 Å². The molecular formula is C17H21ClN4O3S. The SMILES string of the molecule is CC1(CNC(=O)c2csc(-c3ccc([N+](=O)[O-])cc3)n2)CCNCC1.Cl. The first-order valence-electron chi connectivity index (χ1n) is 8.16. The number of benzene rings is 1. The van der Waals surface area contributed by atoms with Crippen LogP contribution in [0.5, 0.6) is 0 Å². The molecule has 2 N–H and O–H groups in total. The predicted octanol–water partition coefficient (Wildman–Crippen LogP) is 3.26. The van der Waals surface area contributed by atoms with E-state index in [-0.39, 0.29) is 29.4 Å². The van der Waals surface area contributed by atoms with Crippen molar-refractivity contribution in [2.24, 2.45) is 5.41 Å². The third-order valence-electron chi connectivity index (χ3n) is 4.55. The number of rotatable bonds is 5. The number of hydrogen-bond donors (Lipinski definition) is 2. The molecule has 0 saturated carbocycles. The van der Waals surface area contributed by atoms with E-state index in [1.54, 1.807) is 17.5 Å². The molecule has 0 radical (unpaired) electrons. The smallest absolute Gasteiger partial charge is 0.270 e. The Morgan fingerprint density at radius 1 is 1.35 bits per heavy atom. The van der Waals surface area contributed by atoms with Crippen LogP contribution in [-0.2, 0) is 0 Å². The van der Waals surface area contributed by atoms with E-state index in [9.17, 15) is 14.9 Å². The van der Waals surface area contributed by atoms with Crippen LogP contribution >= 0.6 is 23.7 Å². The summed E-state index contributed by atoms with van der Waals surface area (Å²) in [6.07, 6.45) is 2.08. The number of hydrogen-bond acceptors (Lipinski definition) is 6. The van der Waals surface area contributed by atoms with E-state index in [1.807, 2.05) is 0 Å². The highest BCUT2D eigenvalue weighted by Gasteiger charge is 2.27. The minimum atomic E-state index is -0.439. The van der Waals surface area contributed by atoms with Gasteiger partial charge in [-0.2, -0.15) is 0 Å². The standard InChI is InChI=1S/C17H20N4O3S.ClH/c1-17(6-8-18-9-7-17)11-19-15(22)14-10-25-16(20-14)12-2-4-13(5-3-12)21(23)24;/h2-5,10,18H,6-9,11H2,1H3,(H,19,22);1H. The molecule has 2 heterocycles. The molecule has 0 spiro atoms. The summed E-state index contributed by atoms with van der Waals surface area (Å²) in [5.74, 6) is -0.177. The molecule has 0 unspecified atom stereocenters. The van der Waals surface area contributed by atoms with E-state index in [2.05, 4.69) is 22.5 Å². The Hall–Kier alpha value is -2.03. The predicted molar refractivity (Wildman–Crippen MR) is 104 cm³/mol. The largest absolute Gasteiger partial charge is 0.350 e. The number of nitro groups is 1. The molecule has 26 heavy (non-hydrogen) atoms. The van der Waals surface area contributed by atoms with E-state index in [4.69, 9.17) is 0 Å². The van der Waals surface area contributed by atoms with Gasteiger partial charge in [-0.25, -0.2) is 4.98 Å². The van der Waals surface area contributed by atoms with Crippen molar-refractivity contribution in [2.75, 3.05) is 19.6 Å². The first kappa shape index (κ1) is 20.3. The highest BCUT2D eigenvalue weighted by molar-refractivity contribution is 7.13. The minimum Gasteiger partial charge on any atom is -0.350 e. The van der Waals surface area contributed by atoms with Crippen molar-refractivity contribution < 1.29 is 9.72 Å². The number of carbonyl (C=O) groups is 1. The molecule has 1 amide bonds. The molecule has 2 aromatic rings. The Morgan fingerprint density at radius 2 is 2.00 bits per heavy atom. The van der Waals surface area contributed by atoms with E-state index in [0.717, 1.165) is 31.5 Å². The minimum absolute atomic E-state index is 0. The van der Waals surface area contributed by atoms with Crippen molar-refractivity contribution in [3.8, 4) is 10.6 Å². The van der Waals surface area contributed by atoms with Crippen LogP contribution in [0, 0.1) is 15.5 Å². The first-order chi connectivity index (χ1) is 12.0. The topological polar surface area (TPSA) is 97.2 Å². The van der Waals surface area contributed by atoms with Gasteiger partial charge >= 0.3 is 0 Å². The van der Waals surface area contributed by atoms with Crippen molar-refractivity contribution in [1.82, 2.24) is 15.6 Å². The lowest BCUT2D eigenvalue weighted by Gasteiger charge is -2.34. The Labute approximate surface area is 161 Å². The van der Waals surface area contributed by atoms with Gasteiger partial charge < -0.3 is 10.6 Å². The number of nitrogens with one attached hydrogen (secondary N) is 2. The maximum atomic E-state index is 12.3. The fraction of sp³-hybridized carbons (Fsp3) is 0.412. The third kappa shape index (κ3) is 4.78. The fourth-order valence-corrected chi connectivity index (χ4v) is 3.63. The van der Waals surface area contributed by atoms with Crippen molar-refractivity contribution in [3.05, 3.63) is 45.5 Å². The Bertz CT molecular complexity index is 773. The number of non-ortho nitro benzene ring substituents is 1. The van der Waals surface area contributed by atoms with Gasteiger partial charge in [-0.15, -0.1) is 23.7 Å². The molecule has 7 nitrogen and oxygen atoms in total. The van der Waals surface area contributed by atoms with Crippen LogP contribution in [0.15, 0.2) is 29.6 Å². The van der Waals surface area contributed by atoms with Gasteiger partial charge in [0.15, 0.2) is 0 Å². The normalized spacial score (nSPS) is 15.7. The zero-order chi connectivity index (χ0) is 17.9. The molecule has 0 atom stereocenters. The van der Waals surface area contributed by atoms with Gasteiger partial charge in [-0.3, -0.25) is 14.9 Å². The summed E-state index contributed by atoms with van der Waals surface area (Å²) in [4.78, 5) is 27.0. The van der Waals surface area contributed by atoms with Gasteiger partial charge in [0.05, 0.1) is 4.92 Å². The molecule has 1 aromatic heterocycles. The lowest BCUT2D eigenvalue weighted by molar-refractivity contribution is -0.384. The van der Waals surface area contributed by atoms with Gasteiger partial charge in [0.25, 0.3) is 11.6 Å². The van der Waals surface area contributed by atoms with Crippen LogP contribution in [0.2, 0.25) is 0 Å². The first-order valence-corrected chi connectivity index (χ1v) is 9.04. The molecular weight excluding hydrogens is 376 g/mol. The van der Waals surface area contributed by atoms with Crippen molar-refractivity contribution in [1.29, 1.82) is 0 Å². The number of halogens is 1. The number of carbonyl (C=O) groups excluding carboxylic acids is 1. The quantitative estimate of drug-likeness (QED) is 0.597. The molecule has 0 aliphatic carbocycles. The molecule has 1 fully saturated rings. The zero-order valence-corrected chi connectivity index (χ0v) is 16.0. The number of piperidine rings is 1. The summed E-state index contributed by atoms with van der Waals surface area (Å²) >= 11 is 1.35. The van der Waals surface area contributed by atoms with Crippen LogP contribution in [0.4, 0.5) is 5.69 Å². The Balaban J connectivity index is 0.00000243. The van der Waals surface area contributed by atoms with Crippen LogP contribution in [-0.4, -0.2) is 35.4 Å². The number of aromatic nitrogens is 1. The Morgan fingerprint density at radius 3 is 2.62 bits per heavy atom. The summed E-state index contributed by atoms with van der Waals surface area (Å²) in [5.41, 5.74) is 1.31. The molecule has 1 aliphatic heterocycles. The van der Waals surface area contributed by atoms with Crippen molar-refractivity contribution >= 4 is 35.3 Å². The molecule has 140 valence electrons. The maximum Gasteiger partial charge on any atom is 0.270 e. The average Bonchev–Trinajstić information content (AvgIpc) is 3.11. The van der Waals surface area contributed by atoms with Gasteiger partial charge in [-0.05, 0) is 43.5 Å².